The largest absolute Gasteiger partial charge is 0.325 e. The number of nitrogens with two attached hydrogens (primary N) is 1. The highest BCUT2D eigenvalue weighted by atomic mass is 14.7. The number of hydrogen-bond acceptors (Lipinski definition) is 1. The Hall–Kier alpha value is -0.820. The Bertz CT molecular complexity index is 334. The normalized spacial score (nSPS) is 28.6. The van der Waals surface area contributed by atoms with E-state index in [1.54, 1.807) is 0 Å². The van der Waals surface area contributed by atoms with Crippen molar-refractivity contribution in [3.63, 3.8) is 0 Å². The van der Waals surface area contributed by atoms with Crippen LogP contribution in [0.15, 0.2) is 30.3 Å². The predicted molar refractivity (Wildman–Crippen MR) is 73.9 cm³/mol. The summed E-state index contributed by atoms with van der Waals surface area (Å²) in [6.07, 6.45) is 6.33. The maximum Gasteiger partial charge on any atom is 0.0195 e. The van der Waals surface area contributed by atoms with Crippen LogP contribution in [0.4, 0.5) is 0 Å². The van der Waals surface area contributed by atoms with E-state index in [1.165, 1.54) is 31.2 Å². The molecule has 17 heavy (non-hydrogen) atoms. The lowest BCUT2D eigenvalue weighted by atomic mass is 9.71. The molecule has 0 aromatic heterocycles. The summed E-state index contributed by atoms with van der Waals surface area (Å²) in [5, 5.41) is 0. The SMILES string of the molecule is CC1CCC(C(C)(N)Cc2ccccc2)CC1. The molecule has 1 aromatic rings. The Morgan fingerprint density at radius 2 is 1.71 bits per heavy atom. The molecule has 0 aliphatic heterocycles. The van der Waals surface area contributed by atoms with Gasteiger partial charge in [0.1, 0.15) is 0 Å². The summed E-state index contributed by atoms with van der Waals surface area (Å²) in [6.45, 7) is 4.60. The first-order chi connectivity index (χ1) is 8.08. The molecule has 0 bridgehead atoms. The minimum absolute atomic E-state index is 0.0402. The highest BCUT2D eigenvalue weighted by Gasteiger charge is 2.32. The van der Waals surface area contributed by atoms with Crippen molar-refractivity contribution in [1.29, 1.82) is 0 Å². The summed E-state index contributed by atoms with van der Waals surface area (Å²) in [7, 11) is 0. The summed E-state index contributed by atoms with van der Waals surface area (Å²) in [4.78, 5) is 0. The van der Waals surface area contributed by atoms with Gasteiger partial charge in [-0.05, 0) is 43.6 Å². The van der Waals surface area contributed by atoms with E-state index in [-0.39, 0.29) is 5.54 Å². The molecular formula is C16H25N. The Kier molecular flexibility index (Phi) is 3.88. The molecular weight excluding hydrogens is 206 g/mol. The molecule has 0 heterocycles. The smallest absolute Gasteiger partial charge is 0.0195 e. The lowest BCUT2D eigenvalue weighted by Gasteiger charge is -2.38. The van der Waals surface area contributed by atoms with Gasteiger partial charge < -0.3 is 5.73 Å². The van der Waals surface area contributed by atoms with Gasteiger partial charge in [0, 0.05) is 5.54 Å². The van der Waals surface area contributed by atoms with E-state index in [0.717, 1.165) is 12.3 Å². The second kappa shape index (κ2) is 5.22. The van der Waals surface area contributed by atoms with Gasteiger partial charge in [0.25, 0.3) is 0 Å². The van der Waals surface area contributed by atoms with Crippen molar-refractivity contribution >= 4 is 0 Å². The van der Waals surface area contributed by atoms with Crippen molar-refractivity contribution in [2.45, 2.75) is 51.5 Å². The van der Waals surface area contributed by atoms with Crippen LogP contribution in [-0.4, -0.2) is 5.54 Å². The van der Waals surface area contributed by atoms with Crippen LogP contribution in [0.5, 0.6) is 0 Å². The standard InChI is InChI=1S/C16H25N/c1-13-8-10-15(11-9-13)16(2,17)12-14-6-4-3-5-7-14/h3-7,13,15H,8-12,17H2,1-2H3. The molecule has 0 radical (unpaired) electrons. The third-order valence-corrected chi connectivity index (χ3v) is 4.38. The van der Waals surface area contributed by atoms with Crippen molar-refractivity contribution in [1.82, 2.24) is 0 Å². The molecule has 1 unspecified atom stereocenters. The minimum atomic E-state index is -0.0402. The van der Waals surface area contributed by atoms with Gasteiger partial charge in [0.05, 0.1) is 0 Å². The summed E-state index contributed by atoms with van der Waals surface area (Å²) in [5.41, 5.74) is 7.90. The van der Waals surface area contributed by atoms with E-state index in [4.69, 9.17) is 5.73 Å². The molecule has 1 atom stereocenters. The highest BCUT2D eigenvalue weighted by Crippen LogP contribution is 2.35. The van der Waals surface area contributed by atoms with E-state index in [2.05, 4.69) is 44.2 Å². The second-order valence-electron chi connectivity index (χ2n) is 6.12. The molecule has 1 heteroatoms. The predicted octanol–water partition coefficient (Wildman–Crippen LogP) is 3.77. The first-order valence-electron chi connectivity index (χ1n) is 6.91. The van der Waals surface area contributed by atoms with Crippen molar-refractivity contribution in [2.24, 2.45) is 17.6 Å². The maximum absolute atomic E-state index is 6.57. The summed E-state index contributed by atoms with van der Waals surface area (Å²) < 4.78 is 0. The second-order valence-corrected chi connectivity index (χ2v) is 6.12. The molecule has 1 aliphatic carbocycles. The molecule has 1 fully saturated rings. The van der Waals surface area contributed by atoms with Gasteiger partial charge in [-0.25, -0.2) is 0 Å². The van der Waals surface area contributed by atoms with Gasteiger partial charge in [-0.3, -0.25) is 0 Å². The Morgan fingerprint density at radius 3 is 2.29 bits per heavy atom. The van der Waals surface area contributed by atoms with Crippen molar-refractivity contribution in [2.75, 3.05) is 0 Å². The van der Waals surface area contributed by atoms with Crippen molar-refractivity contribution < 1.29 is 0 Å². The average molecular weight is 231 g/mol. The number of benzene rings is 1. The quantitative estimate of drug-likeness (QED) is 0.842. The lowest BCUT2D eigenvalue weighted by molar-refractivity contribution is 0.191. The van der Waals surface area contributed by atoms with Crippen LogP contribution in [0.25, 0.3) is 0 Å². The van der Waals surface area contributed by atoms with Crippen molar-refractivity contribution in [3.8, 4) is 0 Å². The lowest BCUT2D eigenvalue weighted by Crippen LogP contribution is -2.47. The Balaban J connectivity index is 1.98. The zero-order valence-corrected chi connectivity index (χ0v) is 11.2. The number of rotatable bonds is 3. The van der Waals surface area contributed by atoms with Gasteiger partial charge in [-0.2, -0.15) is 0 Å². The molecule has 0 spiro atoms. The highest BCUT2D eigenvalue weighted by molar-refractivity contribution is 5.18. The van der Waals surface area contributed by atoms with E-state index in [0.29, 0.717) is 5.92 Å². The van der Waals surface area contributed by atoms with Gasteiger partial charge in [0.2, 0.25) is 0 Å². The number of hydrogen-bond donors (Lipinski definition) is 1. The molecule has 1 nitrogen and oxygen atoms in total. The summed E-state index contributed by atoms with van der Waals surface area (Å²) in [5.74, 6) is 1.60. The van der Waals surface area contributed by atoms with Gasteiger partial charge >= 0.3 is 0 Å². The first kappa shape index (κ1) is 12.6. The third kappa shape index (κ3) is 3.32. The fourth-order valence-corrected chi connectivity index (χ4v) is 3.10. The minimum Gasteiger partial charge on any atom is -0.325 e. The van der Waals surface area contributed by atoms with E-state index >= 15 is 0 Å². The molecule has 2 N–H and O–H groups in total. The Labute approximate surface area is 105 Å². The third-order valence-electron chi connectivity index (χ3n) is 4.38. The van der Waals surface area contributed by atoms with E-state index < -0.39 is 0 Å². The summed E-state index contributed by atoms with van der Waals surface area (Å²) in [6, 6.07) is 10.7. The fraction of sp³-hybridized carbons (Fsp3) is 0.625. The topological polar surface area (TPSA) is 26.0 Å². The maximum atomic E-state index is 6.57. The molecule has 1 aromatic carbocycles. The van der Waals surface area contributed by atoms with Crippen LogP contribution < -0.4 is 5.73 Å². The Morgan fingerprint density at radius 1 is 1.12 bits per heavy atom. The molecule has 94 valence electrons. The van der Waals surface area contributed by atoms with Gasteiger partial charge in [-0.1, -0.05) is 50.1 Å². The van der Waals surface area contributed by atoms with Crippen LogP contribution in [0, 0.1) is 11.8 Å². The van der Waals surface area contributed by atoms with Gasteiger partial charge in [0.15, 0.2) is 0 Å². The molecule has 1 saturated carbocycles. The first-order valence-corrected chi connectivity index (χ1v) is 6.91. The zero-order chi connectivity index (χ0) is 12.3. The molecule has 0 amide bonds. The average Bonchev–Trinajstić information content (AvgIpc) is 2.30. The fourth-order valence-electron chi connectivity index (χ4n) is 3.10. The van der Waals surface area contributed by atoms with Crippen molar-refractivity contribution in [3.05, 3.63) is 35.9 Å². The molecule has 2 rings (SSSR count). The summed E-state index contributed by atoms with van der Waals surface area (Å²) >= 11 is 0. The van der Waals surface area contributed by atoms with Crippen LogP contribution in [0.1, 0.15) is 45.1 Å². The van der Waals surface area contributed by atoms with Crippen LogP contribution in [-0.2, 0) is 6.42 Å². The van der Waals surface area contributed by atoms with E-state index in [1.807, 2.05) is 0 Å². The van der Waals surface area contributed by atoms with Gasteiger partial charge in [-0.15, -0.1) is 0 Å². The zero-order valence-electron chi connectivity index (χ0n) is 11.2. The van der Waals surface area contributed by atoms with E-state index in [9.17, 15) is 0 Å². The monoisotopic (exact) mass is 231 g/mol. The molecule has 1 aliphatic rings. The van der Waals surface area contributed by atoms with Crippen LogP contribution in [0.3, 0.4) is 0 Å². The van der Waals surface area contributed by atoms with Crippen LogP contribution >= 0.6 is 0 Å². The molecule has 0 saturated heterocycles. The van der Waals surface area contributed by atoms with Crippen LogP contribution in [0.2, 0.25) is 0 Å².